The molecule has 0 aliphatic rings. The molecule has 0 aliphatic carbocycles. The molecule has 0 aromatic carbocycles. The fourth-order valence-electron chi connectivity index (χ4n) is 1.51. The Morgan fingerprint density at radius 2 is 2.00 bits per heavy atom. The first-order chi connectivity index (χ1) is 8.54. The van der Waals surface area contributed by atoms with Crippen molar-refractivity contribution in [3.63, 3.8) is 0 Å². The Morgan fingerprint density at radius 3 is 2.42 bits per heavy atom. The highest BCUT2D eigenvalue weighted by molar-refractivity contribution is 8.13. The summed E-state index contributed by atoms with van der Waals surface area (Å²) in [7, 11) is 1.46. The summed E-state index contributed by atoms with van der Waals surface area (Å²) in [4.78, 5) is 12.0. The van der Waals surface area contributed by atoms with Gasteiger partial charge in [-0.05, 0) is 18.4 Å². The minimum Gasteiger partial charge on any atom is -0.350 e. The summed E-state index contributed by atoms with van der Waals surface area (Å²) in [6.07, 6.45) is 1.37. The number of hydrogen-bond donors (Lipinski definition) is 1. The zero-order valence-electron chi connectivity index (χ0n) is 11.5. The van der Waals surface area contributed by atoms with Gasteiger partial charge in [0.15, 0.2) is 0 Å². The molecule has 0 radical (unpaired) electrons. The largest absolute Gasteiger partial charge is 0.350 e. The SMILES string of the molecule is CCn1cc(S(=O)(=O)Cl)cc1C(=O)NCC(C)(C)C. The minimum absolute atomic E-state index is 0.0410. The van der Waals surface area contributed by atoms with Gasteiger partial charge in [0.25, 0.3) is 15.0 Å². The van der Waals surface area contributed by atoms with Gasteiger partial charge in [-0.15, -0.1) is 0 Å². The number of halogens is 1. The van der Waals surface area contributed by atoms with Crippen LogP contribution in [0.1, 0.15) is 38.2 Å². The van der Waals surface area contributed by atoms with Crippen molar-refractivity contribution in [1.82, 2.24) is 9.88 Å². The lowest BCUT2D eigenvalue weighted by molar-refractivity contribution is 0.0930. The predicted octanol–water partition coefficient (Wildman–Crippen LogP) is 2.21. The van der Waals surface area contributed by atoms with Gasteiger partial charge in [-0.1, -0.05) is 20.8 Å². The van der Waals surface area contributed by atoms with Crippen LogP contribution in [0, 0.1) is 5.41 Å². The van der Waals surface area contributed by atoms with Crippen LogP contribution in [-0.4, -0.2) is 25.4 Å². The number of carbonyl (C=O) groups excluding carboxylic acids is 1. The van der Waals surface area contributed by atoms with Crippen LogP contribution >= 0.6 is 10.7 Å². The van der Waals surface area contributed by atoms with Crippen molar-refractivity contribution < 1.29 is 13.2 Å². The van der Waals surface area contributed by atoms with Crippen LogP contribution in [0.3, 0.4) is 0 Å². The Kier molecular flexibility index (Phi) is 4.68. The van der Waals surface area contributed by atoms with E-state index in [2.05, 4.69) is 5.32 Å². The Hall–Kier alpha value is -1.01. The standard InChI is InChI=1S/C12H19ClN2O3S/c1-5-15-7-9(19(13,17)18)6-10(15)11(16)14-8-12(2,3)4/h6-7H,5,8H2,1-4H3,(H,14,16). The Bertz CT molecular complexity index is 570. The fourth-order valence-corrected chi connectivity index (χ4v) is 2.26. The summed E-state index contributed by atoms with van der Waals surface area (Å²) in [5, 5.41) is 2.78. The van der Waals surface area contributed by atoms with Crippen LogP contribution in [0.4, 0.5) is 0 Å². The molecule has 1 heterocycles. The van der Waals surface area contributed by atoms with Gasteiger partial charge in [-0.3, -0.25) is 4.79 Å². The number of aryl methyl sites for hydroxylation is 1. The highest BCUT2D eigenvalue weighted by Crippen LogP contribution is 2.19. The maximum absolute atomic E-state index is 12.0. The number of amides is 1. The van der Waals surface area contributed by atoms with Crippen molar-refractivity contribution in [2.75, 3.05) is 6.54 Å². The zero-order valence-corrected chi connectivity index (χ0v) is 13.1. The second kappa shape index (κ2) is 5.54. The van der Waals surface area contributed by atoms with E-state index in [-0.39, 0.29) is 16.2 Å². The third kappa shape index (κ3) is 4.54. The third-order valence-electron chi connectivity index (χ3n) is 2.51. The molecule has 0 atom stereocenters. The minimum atomic E-state index is -3.82. The van der Waals surface area contributed by atoms with E-state index in [4.69, 9.17) is 10.7 Å². The average molecular weight is 307 g/mol. The van der Waals surface area contributed by atoms with Gasteiger partial charge in [0.1, 0.15) is 10.6 Å². The molecule has 1 N–H and O–H groups in total. The highest BCUT2D eigenvalue weighted by atomic mass is 35.7. The zero-order chi connectivity index (χ0) is 14.8. The molecule has 7 heteroatoms. The molecule has 1 amide bonds. The van der Waals surface area contributed by atoms with Crippen LogP contribution in [0.15, 0.2) is 17.2 Å². The normalized spacial score (nSPS) is 12.5. The molecule has 0 aliphatic heterocycles. The van der Waals surface area contributed by atoms with E-state index in [1.165, 1.54) is 12.3 Å². The molecular formula is C12H19ClN2O3S. The van der Waals surface area contributed by atoms with E-state index < -0.39 is 9.05 Å². The monoisotopic (exact) mass is 306 g/mol. The Balaban J connectivity index is 3.00. The molecule has 1 aromatic heterocycles. The van der Waals surface area contributed by atoms with Gasteiger partial charge in [0, 0.05) is 30.0 Å². The van der Waals surface area contributed by atoms with Crippen LogP contribution in [0.2, 0.25) is 0 Å². The number of hydrogen-bond acceptors (Lipinski definition) is 3. The van der Waals surface area contributed by atoms with Gasteiger partial charge in [0.2, 0.25) is 0 Å². The van der Waals surface area contributed by atoms with E-state index >= 15 is 0 Å². The second-order valence-corrected chi connectivity index (χ2v) is 8.09. The third-order valence-corrected chi connectivity index (χ3v) is 3.83. The summed E-state index contributed by atoms with van der Waals surface area (Å²) >= 11 is 0. The highest BCUT2D eigenvalue weighted by Gasteiger charge is 2.20. The van der Waals surface area contributed by atoms with Crippen LogP contribution in [0.5, 0.6) is 0 Å². The van der Waals surface area contributed by atoms with E-state index in [0.29, 0.717) is 18.8 Å². The van der Waals surface area contributed by atoms with Crippen molar-refractivity contribution in [3.8, 4) is 0 Å². The Labute approximate surface area is 118 Å². The number of nitrogens with zero attached hydrogens (tertiary/aromatic N) is 1. The summed E-state index contributed by atoms with van der Waals surface area (Å²) < 4.78 is 24.1. The summed E-state index contributed by atoms with van der Waals surface area (Å²) in [5.41, 5.74) is 0.256. The smallest absolute Gasteiger partial charge is 0.267 e. The van der Waals surface area contributed by atoms with E-state index in [9.17, 15) is 13.2 Å². The van der Waals surface area contributed by atoms with E-state index in [1.54, 1.807) is 4.57 Å². The lowest BCUT2D eigenvalue weighted by Gasteiger charge is -2.18. The molecule has 0 bridgehead atoms. The molecule has 1 aromatic rings. The average Bonchev–Trinajstić information content (AvgIpc) is 2.68. The van der Waals surface area contributed by atoms with Crippen molar-refractivity contribution >= 4 is 25.6 Å². The maximum atomic E-state index is 12.0. The first-order valence-electron chi connectivity index (χ1n) is 5.97. The van der Waals surface area contributed by atoms with Gasteiger partial charge < -0.3 is 9.88 Å². The van der Waals surface area contributed by atoms with E-state index in [1.807, 2.05) is 27.7 Å². The second-order valence-electron chi connectivity index (χ2n) is 5.53. The van der Waals surface area contributed by atoms with Crippen LogP contribution < -0.4 is 5.32 Å². The molecule has 5 nitrogen and oxygen atoms in total. The van der Waals surface area contributed by atoms with Gasteiger partial charge in [-0.2, -0.15) is 0 Å². The molecule has 0 fully saturated rings. The van der Waals surface area contributed by atoms with Crippen LogP contribution in [-0.2, 0) is 15.6 Å². The summed E-state index contributed by atoms with van der Waals surface area (Å²) in [6, 6.07) is 1.30. The van der Waals surface area contributed by atoms with Crippen molar-refractivity contribution in [3.05, 3.63) is 18.0 Å². The number of rotatable bonds is 4. The van der Waals surface area contributed by atoms with Gasteiger partial charge >= 0.3 is 0 Å². The topological polar surface area (TPSA) is 68.2 Å². The molecular weight excluding hydrogens is 288 g/mol. The Morgan fingerprint density at radius 1 is 1.42 bits per heavy atom. The fraction of sp³-hybridized carbons (Fsp3) is 0.583. The predicted molar refractivity (Wildman–Crippen MR) is 74.9 cm³/mol. The molecule has 0 unspecified atom stereocenters. The molecule has 0 saturated heterocycles. The molecule has 0 saturated carbocycles. The van der Waals surface area contributed by atoms with Gasteiger partial charge in [-0.25, -0.2) is 8.42 Å². The first kappa shape index (κ1) is 16.0. The first-order valence-corrected chi connectivity index (χ1v) is 8.28. The van der Waals surface area contributed by atoms with Crippen molar-refractivity contribution in [2.24, 2.45) is 5.41 Å². The lowest BCUT2D eigenvalue weighted by Crippen LogP contribution is -2.33. The van der Waals surface area contributed by atoms with Crippen molar-refractivity contribution in [1.29, 1.82) is 0 Å². The summed E-state index contributed by atoms with van der Waals surface area (Å²) in [5.74, 6) is -0.302. The number of aromatic nitrogens is 1. The van der Waals surface area contributed by atoms with Crippen molar-refractivity contribution in [2.45, 2.75) is 39.1 Å². The number of carbonyl (C=O) groups is 1. The summed E-state index contributed by atoms with van der Waals surface area (Å²) in [6.45, 7) is 8.82. The number of nitrogens with one attached hydrogen (secondary N) is 1. The van der Waals surface area contributed by atoms with Crippen LogP contribution in [0.25, 0.3) is 0 Å². The van der Waals surface area contributed by atoms with Gasteiger partial charge in [0.05, 0.1) is 0 Å². The lowest BCUT2D eigenvalue weighted by atomic mass is 9.97. The molecule has 108 valence electrons. The molecule has 1 rings (SSSR count). The quantitative estimate of drug-likeness (QED) is 0.867. The molecule has 19 heavy (non-hydrogen) atoms. The molecule has 0 spiro atoms. The maximum Gasteiger partial charge on any atom is 0.267 e. The van der Waals surface area contributed by atoms with E-state index in [0.717, 1.165) is 0 Å².